The molecule has 1 aliphatic heterocycles. The lowest BCUT2D eigenvalue weighted by Crippen LogP contribution is -2.44. The molecule has 25 heavy (non-hydrogen) atoms. The van der Waals surface area contributed by atoms with Crippen LogP contribution in [-0.2, 0) is 33.5 Å². The highest BCUT2D eigenvalue weighted by molar-refractivity contribution is 6.01. The molecule has 140 valence electrons. The average molecular weight is 356 g/mol. The van der Waals surface area contributed by atoms with Crippen molar-refractivity contribution < 1.29 is 33.5 Å². The molecule has 0 aliphatic carbocycles. The molecule has 1 rings (SSSR count). The van der Waals surface area contributed by atoms with Crippen LogP contribution in [0, 0.1) is 0 Å². The van der Waals surface area contributed by atoms with E-state index in [1.54, 1.807) is 27.7 Å². The molecule has 0 aromatic carbocycles. The molecule has 1 saturated heterocycles. The van der Waals surface area contributed by atoms with Crippen LogP contribution in [-0.4, -0.2) is 46.4 Å². The molecule has 0 aromatic heterocycles. The highest BCUT2D eigenvalue weighted by Gasteiger charge is 2.33. The maximum atomic E-state index is 12.2. The van der Waals surface area contributed by atoms with Gasteiger partial charge in [0.05, 0.1) is 6.42 Å². The molecular weight excluding hydrogens is 332 g/mol. The largest absolute Gasteiger partial charge is 0.458 e. The first kappa shape index (κ1) is 20.6. The first-order chi connectivity index (χ1) is 11.5. The van der Waals surface area contributed by atoms with Gasteiger partial charge in [0.1, 0.15) is 11.6 Å². The van der Waals surface area contributed by atoms with E-state index in [2.05, 4.69) is 5.32 Å². The van der Waals surface area contributed by atoms with Crippen LogP contribution in [0.25, 0.3) is 0 Å². The van der Waals surface area contributed by atoms with E-state index >= 15 is 0 Å². The summed E-state index contributed by atoms with van der Waals surface area (Å²) in [7, 11) is 0. The summed E-state index contributed by atoms with van der Waals surface area (Å²) < 4.78 is 5.22. The van der Waals surface area contributed by atoms with Crippen molar-refractivity contribution >= 4 is 29.7 Å². The molecule has 9 nitrogen and oxygen atoms in total. The number of hydroxylamine groups is 2. The Morgan fingerprint density at radius 2 is 1.72 bits per heavy atom. The number of carbonyl (C=O) groups excluding carboxylic acids is 5. The number of ether oxygens (including phenoxy) is 1. The third-order valence-electron chi connectivity index (χ3n) is 3.18. The molecule has 1 heterocycles. The number of hydrogen-bond acceptors (Lipinski definition) is 7. The van der Waals surface area contributed by atoms with E-state index in [-0.39, 0.29) is 38.0 Å². The smallest absolute Gasteiger partial charge is 0.333 e. The molecule has 0 radical (unpaired) electrons. The van der Waals surface area contributed by atoms with Crippen molar-refractivity contribution in [3.05, 3.63) is 0 Å². The number of nitrogens with one attached hydrogen (secondary N) is 1. The van der Waals surface area contributed by atoms with E-state index in [1.807, 2.05) is 0 Å². The minimum absolute atomic E-state index is 0.000789. The third kappa shape index (κ3) is 6.90. The van der Waals surface area contributed by atoms with Crippen molar-refractivity contribution in [2.24, 2.45) is 0 Å². The zero-order chi connectivity index (χ0) is 19.2. The fourth-order valence-corrected chi connectivity index (χ4v) is 1.99. The highest BCUT2D eigenvalue weighted by atomic mass is 16.7. The Balaban J connectivity index is 2.62. The fraction of sp³-hybridized carbons (Fsp3) is 0.688. The van der Waals surface area contributed by atoms with Crippen molar-refractivity contribution in [1.82, 2.24) is 10.4 Å². The SMILES string of the molecule is CCC(=O)NC(CCC(=O)ON1C(=O)CCC1=O)C(=O)OC(C)(C)C. The molecule has 9 heteroatoms. The number of nitrogens with zero attached hydrogens (tertiary/aromatic N) is 1. The summed E-state index contributed by atoms with van der Waals surface area (Å²) in [5, 5.41) is 2.93. The van der Waals surface area contributed by atoms with Gasteiger partial charge in [0.25, 0.3) is 11.8 Å². The second-order valence-corrected chi connectivity index (χ2v) is 6.59. The lowest BCUT2D eigenvalue weighted by molar-refractivity contribution is -0.197. The molecule has 1 fully saturated rings. The molecule has 0 aromatic rings. The van der Waals surface area contributed by atoms with Crippen molar-refractivity contribution in [1.29, 1.82) is 0 Å². The lowest BCUT2D eigenvalue weighted by Gasteiger charge is -2.24. The number of imide groups is 1. The molecule has 1 atom stereocenters. The van der Waals surface area contributed by atoms with Crippen LogP contribution in [0.1, 0.15) is 59.8 Å². The van der Waals surface area contributed by atoms with Gasteiger partial charge in [-0.2, -0.15) is 0 Å². The Hall–Kier alpha value is -2.45. The number of hydrogen-bond donors (Lipinski definition) is 1. The minimum atomic E-state index is -1.02. The lowest BCUT2D eigenvalue weighted by atomic mass is 10.1. The predicted octanol–water partition coefficient (Wildman–Crippen LogP) is 0.610. The zero-order valence-corrected chi connectivity index (χ0v) is 14.9. The van der Waals surface area contributed by atoms with Gasteiger partial charge in [-0.1, -0.05) is 6.92 Å². The Kier molecular flexibility index (Phi) is 7.08. The van der Waals surface area contributed by atoms with Crippen LogP contribution in [0.5, 0.6) is 0 Å². The highest BCUT2D eigenvalue weighted by Crippen LogP contribution is 2.14. The normalized spacial score (nSPS) is 15.8. The van der Waals surface area contributed by atoms with Gasteiger partial charge in [0.2, 0.25) is 5.91 Å². The Morgan fingerprint density at radius 1 is 1.16 bits per heavy atom. The Bertz CT molecular complexity index is 549. The maximum absolute atomic E-state index is 12.2. The van der Waals surface area contributed by atoms with E-state index in [4.69, 9.17) is 9.57 Å². The second kappa shape index (κ2) is 8.59. The topological polar surface area (TPSA) is 119 Å². The van der Waals surface area contributed by atoms with Gasteiger partial charge in [-0.05, 0) is 27.2 Å². The molecule has 3 amide bonds. The summed E-state index contributed by atoms with van der Waals surface area (Å²) in [6, 6.07) is -1.02. The number of carbonyl (C=O) groups is 5. The fourth-order valence-electron chi connectivity index (χ4n) is 1.99. The van der Waals surface area contributed by atoms with Crippen molar-refractivity contribution in [2.45, 2.75) is 71.4 Å². The van der Waals surface area contributed by atoms with Gasteiger partial charge in [-0.3, -0.25) is 14.4 Å². The molecule has 0 bridgehead atoms. The molecule has 0 saturated carbocycles. The summed E-state index contributed by atoms with van der Waals surface area (Å²) in [6.45, 7) is 6.67. The quantitative estimate of drug-likeness (QED) is 0.524. The number of rotatable bonds is 7. The monoisotopic (exact) mass is 356 g/mol. The zero-order valence-electron chi connectivity index (χ0n) is 14.9. The van der Waals surface area contributed by atoms with Crippen molar-refractivity contribution in [3.8, 4) is 0 Å². The second-order valence-electron chi connectivity index (χ2n) is 6.59. The van der Waals surface area contributed by atoms with Crippen molar-refractivity contribution in [2.75, 3.05) is 0 Å². The number of esters is 1. The van der Waals surface area contributed by atoms with Crippen LogP contribution in [0.4, 0.5) is 0 Å². The minimum Gasteiger partial charge on any atom is -0.458 e. The van der Waals surface area contributed by atoms with Gasteiger partial charge in [0, 0.05) is 19.3 Å². The maximum Gasteiger partial charge on any atom is 0.333 e. The van der Waals surface area contributed by atoms with Crippen molar-refractivity contribution in [3.63, 3.8) is 0 Å². The Morgan fingerprint density at radius 3 is 2.20 bits per heavy atom. The summed E-state index contributed by atoms with van der Waals surface area (Å²) in [5.41, 5.74) is -0.749. The average Bonchev–Trinajstić information content (AvgIpc) is 2.81. The van der Waals surface area contributed by atoms with E-state index in [9.17, 15) is 24.0 Å². The summed E-state index contributed by atoms with van der Waals surface area (Å²) in [5.74, 6) is -3.05. The molecular formula is C16H24N2O7. The van der Waals surface area contributed by atoms with Crippen LogP contribution in [0.3, 0.4) is 0 Å². The third-order valence-corrected chi connectivity index (χ3v) is 3.18. The van der Waals surface area contributed by atoms with Gasteiger partial charge in [-0.15, -0.1) is 5.06 Å². The van der Waals surface area contributed by atoms with Gasteiger partial charge in [-0.25, -0.2) is 9.59 Å². The summed E-state index contributed by atoms with van der Waals surface area (Å²) >= 11 is 0. The van der Waals surface area contributed by atoms with E-state index < -0.39 is 35.4 Å². The van der Waals surface area contributed by atoms with Crippen LogP contribution >= 0.6 is 0 Å². The van der Waals surface area contributed by atoms with E-state index in [0.29, 0.717) is 5.06 Å². The van der Waals surface area contributed by atoms with Gasteiger partial charge >= 0.3 is 11.9 Å². The first-order valence-electron chi connectivity index (χ1n) is 8.12. The number of amides is 3. The van der Waals surface area contributed by atoms with Gasteiger partial charge < -0.3 is 14.9 Å². The standard InChI is InChI=1S/C16H24N2O7/c1-5-11(19)17-10(15(23)24-16(2,3)4)6-9-14(22)25-18-12(20)7-8-13(18)21/h10H,5-9H2,1-4H3,(H,17,19). The van der Waals surface area contributed by atoms with Crippen LogP contribution in [0.15, 0.2) is 0 Å². The predicted molar refractivity (Wildman–Crippen MR) is 84.5 cm³/mol. The molecule has 1 N–H and O–H groups in total. The molecule has 0 spiro atoms. The van der Waals surface area contributed by atoms with Gasteiger partial charge in [0.15, 0.2) is 0 Å². The summed E-state index contributed by atoms with van der Waals surface area (Å²) in [4.78, 5) is 63.1. The van der Waals surface area contributed by atoms with Crippen LogP contribution < -0.4 is 5.32 Å². The first-order valence-corrected chi connectivity index (χ1v) is 8.12. The molecule has 1 unspecified atom stereocenters. The summed E-state index contributed by atoms with van der Waals surface area (Å²) in [6.07, 6.45) is -0.181. The van der Waals surface area contributed by atoms with Crippen LogP contribution in [0.2, 0.25) is 0 Å². The van der Waals surface area contributed by atoms with E-state index in [0.717, 1.165) is 0 Å². The van der Waals surface area contributed by atoms with E-state index in [1.165, 1.54) is 0 Å². The molecule has 1 aliphatic rings. The Labute approximate surface area is 146 Å².